The van der Waals surface area contributed by atoms with Crippen LogP contribution in [0.15, 0.2) is 0 Å². The van der Waals surface area contributed by atoms with Crippen LogP contribution in [0.4, 0.5) is 0 Å². The summed E-state index contributed by atoms with van der Waals surface area (Å²) >= 11 is 0. The first kappa shape index (κ1) is 8.48. The summed E-state index contributed by atoms with van der Waals surface area (Å²) in [6.45, 7) is 1.84. The molecule has 2 aliphatic rings. The maximum Gasteiger partial charge on any atom is 0.0623 e. The predicted molar refractivity (Wildman–Crippen MR) is 48.2 cm³/mol. The highest BCUT2D eigenvalue weighted by atomic mass is 16.5. The molecule has 0 amide bonds. The molecule has 0 saturated carbocycles. The van der Waals surface area contributed by atoms with Gasteiger partial charge in [0.2, 0.25) is 0 Å². The summed E-state index contributed by atoms with van der Waals surface area (Å²) < 4.78 is 5.53. The number of hydrogen-bond donors (Lipinski definition) is 1. The lowest BCUT2D eigenvalue weighted by Gasteiger charge is -2.46. The first-order valence-corrected chi connectivity index (χ1v) is 4.78. The molecule has 1 N–H and O–H groups in total. The molecule has 0 aromatic heterocycles. The van der Waals surface area contributed by atoms with Gasteiger partial charge < -0.3 is 10.1 Å². The molecule has 70 valence electrons. The van der Waals surface area contributed by atoms with Gasteiger partial charge in [-0.2, -0.15) is 0 Å². The molecule has 0 spiro atoms. The van der Waals surface area contributed by atoms with Gasteiger partial charge in [-0.25, -0.2) is 0 Å². The molecule has 2 aliphatic heterocycles. The highest BCUT2D eigenvalue weighted by Gasteiger charge is 2.35. The standard InChI is InChI=1S/C9H18N2O/c1-10-7-3-8-5-12-6-9(4-7)11(8)2/h7-10H,3-6H2,1-2H3. The Bertz CT molecular complexity index is 149. The van der Waals surface area contributed by atoms with E-state index in [4.69, 9.17) is 4.74 Å². The van der Waals surface area contributed by atoms with Crippen LogP contribution in [0.25, 0.3) is 0 Å². The molecule has 2 atom stereocenters. The van der Waals surface area contributed by atoms with Crippen molar-refractivity contribution in [2.75, 3.05) is 27.3 Å². The summed E-state index contributed by atoms with van der Waals surface area (Å²) in [6.07, 6.45) is 2.48. The van der Waals surface area contributed by atoms with E-state index in [0.29, 0.717) is 18.1 Å². The number of fused-ring (bicyclic) bond motifs is 2. The number of hydrogen-bond acceptors (Lipinski definition) is 3. The van der Waals surface area contributed by atoms with Crippen molar-refractivity contribution >= 4 is 0 Å². The Morgan fingerprint density at radius 3 is 2.33 bits per heavy atom. The van der Waals surface area contributed by atoms with E-state index in [1.807, 2.05) is 0 Å². The van der Waals surface area contributed by atoms with E-state index in [1.54, 1.807) is 0 Å². The van der Waals surface area contributed by atoms with Crippen LogP contribution in [-0.2, 0) is 4.74 Å². The van der Waals surface area contributed by atoms with Gasteiger partial charge in [0, 0.05) is 18.1 Å². The smallest absolute Gasteiger partial charge is 0.0623 e. The maximum absolute atomic E-state index is 5.53. The molecule has 12 heavy (non-hydrogen) atoms. The van der Waals surface area contributed by atoms with Crippen molar-refractivity contribution in [3.05, 3.63) is 0 Å². The Kier molecular flexibility index (Phi) is 2.35. The van der Waals surface area contributed by atoms with Crippen molar-refractivity contribution in [2.45, 2.75) is 31.0 Å². The molecule has 2 bridgehead atoms. The number of rotatable bonds is 1. The molecule has 0 aromatic rings. The monoisotopic (exact) mass is 170 g/mol. The lowest BCUT2D eigenvalue weighted by atomic mass is 9.91. The van der Waals surface area contributed by atoms with Gasteiger partial charge in [-0.1, -0.05) is 0 Å². The van der Waals surface area contributed by atoms with Crippen molar-refractivity contribution in [3.8, 4) is 0 Å². The number of likely N-dealkylation sites (N-methyl/N-ethyl adjacent to an activating group) is 1. The average molecular weight is 170 g/mol. The number of morpholine rings is 1. The normalized spacial score (nSPS) is 43.0. The molecule has 2 saturated heterocycles. The number of piperidine rings is 1. The van der Waals surface area contributed by atoms with Gasteiger partial charge in [-0.05, 0) is 26.9 Å². The summed E-state index contributed by atoms with van der Waals surface area (Å²) in [7, 11) is 4.29. The molecule has 0 radical (unpaired) electrons. The predicted octanol–water partition coefficient (Wildman–Crippen LogP) is 0.0674. The molecular weight excluding hydrogens is 152 g/mol. The summed E-state index contributed by atoms with van der Waals surface area (Å²) in [6, 6.07) is 2.00. The summed E-state index contributed by atoms with van der Waals surface area (Å²) in [5, 5.41) is 3.37. The van der Waals surface area contributed by atoms with Crippen LogP contribution in [-0.4, -0.2) is 50.3 Å². The third-order valence-electron chi connectivity index (χ3n) is 3.29. The minimum atomic E-state index is 0.648. The zero-order chi connectivity index (χ0) is 8.55. The minimum Gasteiger partial charge on any atom is -0.378 e. The fraction of sp³-hybridized carbons (Fsp3) is 1.00. The molecular formula is C9H18N2O. The Morgan fingerprint density at radius 1 is 1.25 bits per heavy atom. The van der Waals surface area contributed by atoms with Gasteiger partial charge in [0.25, 0.3) is 0 Å². The van der Waals surface area contributed by atoms with Gasteiger partial charge in [-0.15, -0.1) is 0 Å². The molecule has 3 heteroatoms. The molecule has 0 aliphatic carbocycles. The van der Waals surface area contributed by atoms with Gasteiger partial charge in [0.05, 0.1) is 13.2 Å². The summed E-state index contributed by atoms with van der Waals surface area (Å²) in [4.78, 5) is 2.48. The van der Waals surface area contributed by atoms with Crippen LogP contribution in [0.2, 0.25) is 0 Å². The molecule has 2 rings (SSSR count). The second-order valence-corrected chi connectivity index (χ2v) is 3.97. The molecule has 0 aromatic carbocycles. The van der Waals surface area contributed by atoms with Crippen LogP contribution >= 0.6 is 0 Å². The lowest BCUT2D eigenvalue weighted by molar-refractivity contribution is -0.0672. The van der Waals surface area contributed by atoms with E-state index in [0.717, 1.165) is 13.2 Å². The van der Waals surface area contributed by atoms with Crippen molar-refractivity contribution in [1.82, 2.24) is 10.2 Å². The molecule has 2 unspecified atom stereocenters. The van der Waals surface area contributed by atoms with E-state index in [2.05, 4.69) is 24.3 Å². The van der Waals surface area contributed by atoms with Crippen molar-refractivity contribution < 1.29 is 4.74 Å². The van der Waals surface area contributed by atoms with Gasteiger partial charge in [0.15, 0.2) is 0 Å². The quantitative estimate of drug-likeness (QED) is 0.602. The summed E-state index contributed by atoms with van der Waals surface area (Å²) in [5.74, 6) is 0. The van der Waals surface area contributed by atoms with E-state index < -0.39 is 0 Å². The molecule has 2 fully saturated rings. The average Bonchev–Trinajstić information content (AvgIpc) is 2.04. The third kappa shape index (κ3) is 1.37. The molecule has 3 nitrogen and oxygen atoms in total. The summed E-state index contributed by atoms with van der Waals surface area (Å²) in [5.41, 5.74) is 0. The zero-order valence-corrected chi connectivity index (χ0v) is 7.92. The number of nitrogens with one attached hydrogen (secondary N) is 1. The molecule has 2 heterocycles. The first-order valence-electron chi connectivity index (χ1n) is 4.78. The Morgan fingerprint density at radius 2 is 1.83 bits per heavy atom. The van der Waals surface area contributed by atoms with E-state index in [9.17, 15) is 0 Å². The van der Waals surface area contributed by atoms with Gasteiger partial charge in [-0.3, -0.25) is 4.90 Å². The van der Waals surface area contributed by atoms with Crippen LogP contribution in [0.3, 0.4) is 0 Å². The fourth-order valence-corrected chi connectivity index (χ4v) is 2.33. The second-order valence-electron chi connectivity index (χ2n) is 3.97. The fourth-order valence-electron chi connectivity index (χ4n) is 2.33. The minimum absolute atomic E-state index is 0.648. The Balaban J connectivity index is 2.02. The maximum atomic E-state index is 5.53. The number of nitrogens with zero attached hydrogens (tertiary/aromatic N) is 1. The largest absolute Gasteiger partial charge is 0.378 e. The third-order valence-corrected chi connectivity index (χ3v) is 3.29. The van der Waals surface area contributed by atoms with Gasteiger partial charge >= 0.3 is 0 Å². The van der Waals surface area contributed by atoms with E-state index in [1.165, 1.54) is 12.8 Å². The first-order chi connectivity index (χ1) is 5.81. The van der Waals surface area contributed by atoms with Crippen LogP contribution in [0.5, 0.6) is 0 Å². The lowest BCUT2D eigenvalue weighted by Crippen LogP contribution is -2.58. The van der Waals surface area contributed by atoms with Crippen LogP contribution < -0.4 is 5.32 Å². The van der Waals surface area contributed by atoms with Crippen LogP contribution in [0.1, 0.15) is 12.8 Å². The van der Waals surface area contributed by atoms with E-state index in [-0.39, 0.29) is 0 Å². The Hall–Kier alpha value is -0.120. The topological polar surface area (TPSA) is 24.5 Å². The highest BCUT2D eigenvalue weighted by Crippen LogP contribution is 2.25. The van der Waals surface area contributed by atoms with Crippen molar-refractivity contribution in [1.29, 1.82) is 0 Å². The zero-order valence-electron chi connectivity index (χ0n) is 7.92. The highest BCUT2D eigenvalue weighted by molar-refractivity contribution is 4.92. The Labute approximate surface area is 74.1 Å². The number of ether oxygens (including phenoxy) is 1. The van der Waals surface area contributed by atoms with Crippen molar-refractivity contribution in [2.24, 2.45) is 0 Å². The van der Waals surface area contributed by atoms with E-state index >= 15 is 0 Å². The SMILES string of the molecule is CNC1CC2COCC(C1)N2C. The van der Waals surface area contributed by atoms with Crippen molar-refractivity contribution in [3.63, 3.8) is 0 Å². The van der Waals surface area contributed by atoms with Crippen LogP contribution in [0, 0.1) is 0 Å². The second kappa shape index (κ2) is 3.32. The van der Waals surface area contributed by atoms with Gasteiger partial charge in [0.1, 0.15) is 0 Å².